The van der Waals surface area contributed by atoms with Crippen LogP contribution in [-0.4, -0.2) is 34.7 Å². The Morgan fingerprint density at radius 2 is 2.07 bits per heavy atom. The minimum Gasteiger partial charge on any atom is -0.469 e. The summed E-state index contributed by atoms with van der Waals surface area (Å²) in [5.74, 6) is 0.726. The number of thiophene rings is 1. The SMILES string of the molecule is COC(=O)C12C[C@@H]3C[C@@H](CC(NC(=O)c4cc(-c5cccs5)[nH]n4)(C3)C1)C2. The minimum absolute atomic E-state index is 0.102. The van der Waals surface area contributed by atoms with E-state index in [4.69, 9.17) is 4.74 Å². The number of H-pyrrole nitrogens is 1. The summed E-state index contributed by atoms with van der Waals surface area (Å²) in [6.07, 6.45) is 5.57. The number of aromatic amines is 1. The van der Waals surface area contributed by atoms with Crippen LogP contribution in [0.5, 0.6) is 0 Å². The zero-order valence-corrected chi connectivity index (χ0v) is 16.1. The molecule has 2 heterocycles. The van der Waals surface area contributed by atoms with Gasteiger partial charge in [-0.3, -0.25) is 14.7 Å². The third-order valence-electron chi connectivity index (χ3n) is 6.66. The lowest BCUT2D eigenvalue weighted by molar-refractivity contribution is -0.171. The number of carbonyl (C=O) groups is 2. The lowest BCUT2D eigenvalue weighted by Crippen LogP contribution is -2.64. The molecule has 142 valence electrons. The highest BCUT2D eigenvalue weighted by molar-refractivity contribution is 7.13. The number of rotatable bonds is 4. The fraction of sp³-hybridized carbons (Fsp3) is 0.550. The summed E-state index contributed by atoms with van der Waals surface area (Å²) in [6, 6.07) is 5.78. The van der Waals surface area contributed by atoms with E-state index >= 15 is 0 Å². The molecule has 2 unspecified atom stereocenters. The second-order valence-corrected chi connectivity index (χ2v) is 9.56. The molecule has 4 aliphatic rings. The Hall–Kier alpha value is -2.15. The number of amides is 1. The Bertz CT molecular complexity index is 874. The molecule has 4 aliphatic carbocycles. The summed E-state index contributed by atoms with van der Waals surface area (Å²) in [5.41, 5.74) is 0.532. The largest absolute Gasteiger partial charge is 0.469 e. The zero-order chi connectivity index (χ0) is 18.6. The highest BCUT2D eigenvalue weighted by atomic mass is 32.1. The van der Waals surface area contributed by atoms with E-state index in [2.05, 4.69) is 15.5 Å². The van der Waals surface area contributed by atoms with Gasteiger partial charge in [0.2, 0.25) is 0 Å². The third-order valence-corrected chi connectivity index (χ3v) is 7.56. The summed E-state index contributed by atoms with van der Waals surface area (Å²) >= 11 is 1.61. The molecule has 4 fully saturated rings. The van der Waals surface area contributed by atoms with Crippen LogP contribution in [0, 0.1) is 17.3 Å². The normalized spacial score (nSPS) is 33.8. The van der Waals surface area contributed by atoms with E-state index in [0.717, 1.165) is 36.3 Å². The summed E-state index contributed by atoms with van der Waals surface area (Å²) in [7, 11) is 1.47. The Labute approximate surface area is 161 Å². The predicted molar refractivity (Wildman–Crippen MR) is 101 cm³/mol. The molecule has 2 aromatic rings. The Balaban J connectivity index is 1.39. The molecule has 27 heavy (non-hydrogen) atoms. The van der Waals surface area contributed by atoms with E-state index in [9.17, 15) is 9.59 Å². The van der Waals surface area contributed by atoms with Crippen LogP contribution in [0.1, 0.15) is 49.0 Å². The average molecular weight is 385 g/mol. The maximum absolute atomic E-state index is 12.9. The van der Waals surface area contributed by atoms with Crippen molar-refractivity contribution in [3.8, 4) is 10.6 Å². The van der Waals surface area contributed by atoms with Crippen LogP contribution in [0.25, 0.3) is 10.6 Å². The van der Waals surface area contributed by atoms with Gasteiger partial charge in [0.25, 0.3) is 5.91 Å². The molecule has 6 rings (SSSR count). The van der Waals surface area contributed by atoms with E-state index < -0.39 is 5.41 Å². The van der Waals surface area contributed by atoms with Gasteiger partial charge in [0, 0.05) is 5.54 Å². The fourth-order valence-corrected chi connectivity index (χ4v) is 6.86. The number of methoxy groups -OCH3 is 1. The van der Waals surface area contributed by atoms with Crippen molar-refractivity contribution in [2.24, 2.45) is 17.3 Å². The number of hydrogen-bond acceptors (Lipinski definition) is 5. The smallest absolute Gasteiger partial charge is 0.311 e. The summed E-state index contributed by atoms with van der Waals surface area (Å²) in [5, 5.41) is 12.4. The van der Waals surface area contributed by atoms with E-state index in [1.54, 1.807) is 17.4 Å². The van der Waals surface area contributed by atoms with Gasteiger partial charge in [0.15, 0.2) is 5.69 Å². The molecule has 7 heteroatoms. The molecule has 0 aromatic carbocycles. The Morgan fingerprint density at radius 1 is 1.30 bits per heavy atom. The van der Waals surface area contributed by atoms with Crippen LogP contribution in [-0.2, 0) is 9.53 Å². The van der Waals surface area contributed by atoms with Crippen molar-refractivity contribution >= 4 is 23.2 Å². The number of esters is 1. The molecular formula is C20H23N3O3S. The van der Waals surface area contributed by atoms with Crippen molar-refractivity contribution < 1.29 is 14.3 Å². The van der Waals surface area contributed by atoms with Gasteiger partial charge in [-0.25, -0.2) is 0 Å². The standard InChI is InChI=1S/C20H23N3O3S/c1-26-18(25)19-7-12-5-13(8-19)10-20(9-12,11-19)21-17(24)15-6-14(22-23-15)16-3-2-4-27-16/h2-4,6,12-13H,5,7-11H2,1H3,(H,21,24)(H,22,23)/t12-,13+,19?,20?. The Morgan fingerprint density at radius 3 is 2.74 bits per heavy atom. The minimum atomic E-state index is -0.417. The van der Waals surface area contributed by atoms with Gasteiger partial charge in [-0.15, -0.1) is 11.3 Å². The maximum atomic E-state index is 12.9. The van der Waals surface area contributed by atoms with Gasteiger partial charge in [0.05, 0.1) is 23.1 Å². The first-order chi connectivity index (χ1) is 13.0. The van der Waals surface area contributed by atoms with Gasteiger partial charge in [-0.2, -0.15) is 5.10 Å². The van der Waals surface area contributed by atoms with Crippen LogP contribution < -0.4 is 5.32 Å². The quantitative estimate of drug-likeness (QED) is 0.790. The van der Waals surface area contributed by atoms with E-state index in [1.807, 2.05) is 17.5 Å². The molecule has 0 spiro atoms. The molecule has 0 saturated heterocycles. The monoisotopic (exact) mass is 385 g/mol. The molecule has 2 N–H and O–H groups in total. The van der Waals surface area contributed by atoms with Crippen LogP contribution in [0.15, 0.2) is 23.6 Å². The van der Waals surface area contributed by atoms with Crippen molar-refractivity contribution in [2.75, 3.05) is 7.11 Å². The topological polar surface area (TPSA) is 84.1 Å². The molecule has 4 bridgehead atoms. The molecule has 1 amide bonds. The number of nitrogens with one attached hydrogen (secondary N) is 2. The first-order valence-electron chi connectivity index (χ1n) is 9.51. The first-order valence-corrected chi connectivity index (χ1v) is 10.4. The molecule has 4 atom stereocenters. The maximum Gasteiger partial charge on any atom is 0.311 e. The highest BCUT2D eigenvalue weighted by Gasteiger charge is 2.61. The van der Waals surface area contributed by atoms with E-state index in [-0.39, 0.29) is 17.4 Å². The van der Waals surface area contributed by atoms with Gasteiger partial charge in [-0.05, 0) is 67.9 Å². The first kappa shape index (κ1) is 17.0. The van der Waals surface area contributed by atoms with Gasteiger partial charge >= 0.3 is 5.97 Å². The Kier molecular flexibility index (Phi) is 3.73. The van der Waals surface area contributed by atoms with Crippen molar-refractivity contribution in [3.05, 3.63) is 29.3 Å². The molecule has 6 nitrogen and oxygen atoms in total. The lowest BCUT2D eigenvalue weighted by atomic mass is 9.47. The third kappa shape index (κ3) is 2.71. The van der Waals surface area contributed by atoms with E-state index in [1.165, 1.54) is 13.5 Å². The number of carbonyl (C=O) groups excluding carboxylic acids is 2. The van der Waals surface area contributed by atoms with Gasteiger partial charge in [0.1, 0.15) is 0 Å². The van der Waals surface area contributed by atoms with Crippen molar-refractivity contribution in [1.82, 2.24) is 15.5 Å². The van der Waals surface area contributed by atoms with Gasteiger partial charge < -0.3 is 10.1 Å². The van der Waals surface area contributed by atoms with Crippen LogP contribution in [0.3, 0.4) is 0 Å². The summed E-state index contributed by atoms with van der Waals surface area (Å²) in [4.78, 5) is 26.6. The second kappa shape index (κ2) is 5.92. The average Bonchev–Trinajstić information content (AvgIpc) is 3.30. The van der Waals surface area contributed by atoms with Crippen molar-refractivity contribution in [3.63, 3.8) is 0 Å². The number of hydrogen-bond donors (Lipinski definition) is 2. The second-order valence-electron chi connectivity index (χ2n) is 8.61. The highest BCUT2D eigenvalue weighted by Crippen LogP contribution is 2.62. The number of ether oxygens (including phenoxy) is 1. The predicted octanol–water partition coefficient (Wildman–Crippen LogP) is 3.38. The van der Waals surface area contributed by atoms with Gasteiger partial charge in [-0.1, -0.05) is 6.07 Å². The van der Waals surface area contributed by atoms with E-state index in [0.29, 0.717) is 24.0 Å². The summed E-state index contributed by atoms with van der Waals surface area (Å²) in [6.45, 7) is 0. The molecule has 4 saturated carbocycles. The molecular weight excluding hydrogens is 362 g/mol. The lowest BCUT2D eigenvalue weighted by Gasteiger charge is -2.60. The molecule has 2 aromatic heterocycles. The number of aromatic nitrogens is 2. The van der Waals surface area contributed by atoms with Crippen molar-refractivity contribution in [2.45, 2.75) is 44.1 Å². The van der Waals surface area contributed by atoms with Crippen LogP contribution in [0.4, 0.5) is 0 Å². The fourth-order valence-electron chi connectivity index (χ4n) is 6.17. The zero-order valence-electron chi connectivity index (χ0n) is 15.3. The molecule has 0 radical (unpaired) electrons. The van der Waals surface area contributed by atoms with Crippen molar-refractivity contribution in [1.29, 1.82) is 0 Å². The molecule has 0 aliphatic heterocycles. The summed E-state index contributed by atoms with van der Waals surface area (Å²) < 4.78 is 5.15. The van der Waals surface area contributed by atoms with Crippen LogP contribution in [0.2, 0.25) is 0 Å². The van der Waals surface area contributed by atoms with Crippen LogP contribution >= 0.6 is 11.3 Å². The number of nitrogens with zero attached hydrogens (tertiary/aromatic N) is 1.